The molecule has 0 fully saturated rings. The van der Waals surface area contributed by atoms with Gasteiger partial charge in [-0.25, -0.2) is 0 Å². The number of aliphatic hydroxyl groups is 2. The molecule has 1 unspecified atom stereocenters. The van der Waals surface area contributed by atoms with Gasteiger partial charge < -0.3 is 19.2 Å². The van der Waals surface area contributed by atoms with Crippen molar-refractivity contribution >= 4 is 0 Å². The molecule has 0 radical (unpaired) electrons. The van der Waals surface area contributed by atoms with Crippen LogP contribution in [0.2, 0.25) is 0 Å². The molecule has 0 aromatic carbocycles. The number of nitrogens with zero attached hydrogens (tertiary/aromatic N) is 2. The maximum absolute atomic E-state index is 8.87. The Bertz CT molecular complexity index is 146. The fourth-order valence-electron chi connectivity index (χ4n) is 1.09. The first-order valence-corrected chi connectivity index (χ1v) is 5.38. The van der Waals surface area contributed by atoms with Gasteiger partial charge in [-0.05, 0) is 6.92 Å². The van der Waals surface area contributed by atoms with Crippen LogP contribution >= 0.6 is 0 Å². The van der Waals surface area contributed by atoms with Gasteiger partial charge in [-0.2, -0.15) is 0 Å². The van der Waals surface area contributed by atoms with Gasteiger partial charge in [0.25, 0.3) is 0 Å². The number of rotatable bonds is 4. The molecule has 2 N–H and O–H groups in total. The predicted molar refractivity (Wildman–Crippen MR) is 64.6 cm³/mol. The Morgan fingerprint density at radius 1 is 0.933 bits per heavy atom. The molecule has 0 saturated carbocycles. The zero-order valence-electron chi connectivity index (χ0n) is 11.5. The second-order valence-corrected chi connectivity index (χ2v) is 6.06. The van der Waals surface area contributed by atoms with Gasteiger partial charge in [0.1, 0.15) is 19.2 Å². The van der Waals surface area contributed by atoms with Gasteiger partial charge >= 0.3 is 0 Å². The Labute approximate surface area is 94.9 Å². The van der Waals surface area contributed by atoms with E-state index in [4.69, 9.17) is 10.2 Å². The fraction of sp³-hybridized carbons (Fsp3) is 1.00. The van der Waals surface area contributed by atoms with Gasteiger partial charge in [0.15, 0.2) is 0 Å². The maximum Gasteiger partial charge on any atom is 0.104 e. The van der Waals surface area contributed by atoms with E-state index in [2.05, 4.69) is 42.3 Å². The molecule has 0 aromatic rings. The van der Waals surface area contributed by atoms with Gasteiger partial charge in [-0.1, -0.05) is 0 Å². The minimum atomic E-state index is -0.185. The van der Waals surface area contributed by atoms with E-state index in [1.807, 2.05) is 6.92 Å². The second kappa shape index (κ2) is 7.17. The summed E-state index contributed by atoms with van der Waals surface area (Å²) in [7, 11) is 12.3. The lowest BCUT2D eigenvalue weighted by Gasteiger charge is -2.24. The summed E-state index contributed by atoms with van der Waals surface area (Å²) >= 11 is 0. The Kier molecular flexibility index (Phi) is 8.24. The summed E-state index contributed by atoms with van der Waals surface area (Å²) in [5, 5.41) is 17.3. The molecule has 0 aliphatic heterocycles. The first-order chi connectivity index (χ1) is 6.48. The largest absolute Gasteiger partial charge is 0.391 e. The summed E-state index contributed by atoms with van der Waals surface area (Å²) in [6.07, 6.45) is -0.185. The van der Waals surface area contributed by atoms with Crippen molar-refractivity contribution in [3.8, 4) is 0 Å². The highest BCUT2D eigenvalue weighted by Crippen LogP contribution is 1.92. The third-order valence-corrected chi connectivity index (χ3v) is 1.58. The van der Waals surface area contributed by atoms with E-state index in [1.54, 1.807) is 0 Å². The van der Waals surface area contributed by atoms with E-state index in [0.717, 1.165) is 22.1 Å². The Balaban J connectivity index is 0. The first-order valence-electron chi connectivity index (χ1n) is 5.38. The number of quaternary nitrogens is 2. The monoisotopic (exact) mass is 222 g/mol. The van der Waals surface area contributed by atoms with Crippen LogP contribution in [0, 0.1) is 0 Å². The Morgan fingerprint density at radius 2 is 1.33 bits per heavy atom. The second-order valence-electron chi connectivity index (χ2n) is 6.06. The predicted octanol–water partition coefficient (Wildman–Crippen LogP) is -0.242. The highest BCUT2D eigenvalue weighted by Gasteiger charge is 2.09. The molecule has 0 spiro atoms. The summed E-state index contributed by atoms with van der Waals surface area (Å²) in [5.74, 6) is 0. The Hall–Kier alpha value is -0.160. The maximum atomic E-state index is 8.87. The highest BCUT2D eigenvalue weighted by atomic mass is 16.3. The molecule has 0 rings (SSSR count). The van der Waals surface area contributed by atoms with Crippen molar-refractivity contribution in [2.24, 2.45) is 0 Å². The van der Waals surface area contributed by atoms with Gasteiger partial charge in [-0.15, -0.1) is 0 Å². The number of hydrogen-bond donors (Lipinski definition) is 2. The van der Waals surface area contributed by atoms with Crippen LogP contribution in [0.15, 0.2) is 0 Å². The highest BCUT2D eigenvalue weighted by molar-refractivity contribution is 4.39. The van der Waals surface area contributed by atoms with Gasteiger partial charge in [0, 0.05) is 0 Å². The molecule has 1 atom stereocenters. The molecule has 15 heavy (non-hydrogen) atoms. The lowest BCUT2D eigenvalue weighted by Crippen LogP contribution is -2.40. The normalized spacial score (nSPS) is 14.2. The van der Waals surface area contributed by atoms with Gasteiger partial charge in [-0.3, -0.25) is 0 Å². The lowest BCUT2D eigenvalue weighted by atomic mass is 10.3. The van der Waals surface area contributed by atoms with Crippen molar-refractivity contribution in [1.82, 2.24) is 0 Å². The molecule has 0 saturated heterocycles. The van der Waals surface area contributed by atoms with E-state index in [9.17, 15) is 0 Å². The topological polar surface area (TPSA) is 40.5 Å². The number of likely N-dealkylation sites (N-methyl/N-ethyl adjacent to an activating group) is 2. The minimum Gasteiger partial charge on any atom is -0.391 e. The average Bonchev–Trinajstić information content (AvgIpc) is 1.77. The van der Waals surface area contributed by atoms with E-state index < -0.39 is 0 Å². The van der Waals surface area contributed by atoms with E-state index >= 15 is 0 Å². The Morgan fingerprint density at radius 3 is 1.33 bits per heavy atom. The van der Waals surface area contributed by atoms with Crippen LogP contribution in [-0.4, -0.2) is 87.3 Å². The summed E-state index contributed by atoms with van der Waals surface area (Å²) in [4.78, 5) is 0. The van der Waals surface area contributed by atoms with Crippen LogP contribution in [0.4, 0.5) is 0 Å². The molecular weight excluding hydrogens is 192 g/mol. The fourth-order valence-corrected chi connectivity index (χ4v) is 1.09. The molecule has 0 heterocycles. The number of hydrogen-bond acceptors (Lipinski definition) is 2. The molecule has 0 aliphatic rings. The van der Waals surface area contributed by atoms with Crippen molar-refractivity contribution in [3.63, 3.8) is 0 Å². The van der Waals surface area contributed by atoms with Crippen molar-refractivity contribution < 1.29 is 19.2 Å². The summed E-state index contributed by atoms with van der Waals surface area (Å²) in [6.45, 7) is 3.74. The zero-order valence-corrected chi connectivity index (χ0v) is 11.5. The molecule has 0 amide bonds. The van der Waals surface area contributed by atoms with Crippen LogP contribution in [0.3, 0.4) is 0 Å². The van der Waals surface area contributed by atoms with Crippen LogP contribution in [0.5, 0.6) is 0 Å². The molecule has 4 heteroatoms. The zero-order chi connectivity index (χ0) is 12.7. The standard InChI is InChI=1S/C6H16NO.C5H14NO/c1-6(8)5-7(2,3)4;1-6(2,3)4-5-7/h6,8H,5H2,1-4H3;7H,4-5H2,1-3H3/q2*+1. The summed E-state index contributed by atoms with van der Waals surface area (Å²) < 4.78 is 1.67. The summed E-state index contributed by atoms with van der Waals surface area (Å²) in [6, 6.07) is 0. The molecule has 0 aliphatic carbocycles. The van der Waals surface area contributed by atoms with Crippen LogP contribution in [0.25, 0.3) is 0 Å². The van der Waals surface area contributed by atoms with Gasteiger partial charge in [0.2, 0.25) is 0 Å². The molecule has 0 bridgehead atoms. The smallest absolute Gasteiger partial charge is 0.104 e. The first kappa shape index (κ1) is 17.2. The van der Waals surface area contributed by atoms with Crippen molar-refractivity contribution in [3.05, 3.63) is 0 Å². The third-order valence-electron chi connectivity index (χ3n) is 1.58. The molecular formula is C11H30N2O2+2. The third kappa shape index (κ3) is 24.8. The van der Waals surface area contributed by atoms with Crippen molar-refractivity contribution in [2.45, 2.75) is 13.0 Å². The summed E-state index contributed by atoms with van der Waals surface area (Å²) in [5.41, 5.74) is 0. The molecule has 4 nitrogen and oxygen atoms in total. The molecule has 0 aromatic heterocycles. The lowest BCUT2D eigenvalue weighted by molar-refractivity contribution is -0.873. The van der Waals surface area contributed by atoms with E-state index in [0.29, 0.717) is 0 Å². The van der Waals surface area contributed by atoms with Crippen LogP contribution in [-0.2, 0) is 0 Å². The van der Waals surface area contributed by atoms with Crippen molar-refractivity contribution in [1.29, 1.82) is 0 Å². The van der Waals surface area contributed by atoms with E-state index in [1.165, 1.54) is 0 Å². The average molecular weight is 222 g/mol. The SMILES string of the molecule is CC(O)C[N+](C)(C)C.C[N+](C)(C)CCO. The van der Waals surface area contributed by atoms with Crippen LogP contribution in [0.1, 0.15) is 6.92 Å². The minimum absolute atomic E-state index is 0.185. The van der Waals surface area contributed by atoms with Crippen LogP contribution < -0.4 is 0 Å². The van der Waals surface area contributed by atoms with Crippen molar-refractivity contribution in [2.75, 3.05) is 62.0 Å². The number of aliphatic hydroxyl groups excluding tert-OH is 2. The van der Waals surface area contributed by atoms with E-state index in [-0.39, 0.29) is 12.7 Å². The quantitative estimate of drug-likeness (QED) is 0.645. The molecule has 94 valence electrons. The van der Waals surface area contributed by atoms with Gasteiger partial charge in [0.05, 0.1) is 48.9 Å².